The van der Waals surface area contributed by atoms with Crippen molar-refractivity contribution < 1.29 is 19.1 Å². The molecular formula is C17H20N2O4. The standard InChI is InChI=1S/C17H20N2O4/c1-22-11-13-6-7-15(23-13)14-5-3-9-19(14)16(17(20)21)12-4-2-8-18-10-12/h2,4,6-8,10,14,16H,3,5,9,11H2,1H3,(H,20,21). The SMILES string of the molecule is COCc1ccc(C2CCCN2C(C(=O)O)c2cccnc2)o1. The molecule has 0 saturated carbocycles. The first-order valence-corrected chi connectivity index (χ1v) is 7.66. The molecule has 122 valence electrons. The van der Waals surface area contributed by atoms with Gasteiger partial charge in [0.2, 0.25) is 0 Å². The molecule has 0 spiro atoms. The lowest BCUT2D eigenvalue weighted by Crippen LogP contribution is -2.33. The lowest BCUT2D eigenvalue weighted by atomic mass is 10.1. The summed E-state index contributed by atoms with van der Waals surface area (Å²) in [6.45, 7) is 1.13. The molecule has 1 fully saturated rings. The molecule has 3 heterocycles. The van der Waals surface area contributed by atoms with E-state index >= 15 is 0 Å². The average Bonchev–Trinajstić information content (AvgIpc) is 3.18. The molecule has 0 amide bonds. The summed E-state index contributed by atoms with van der Waals surface area (Å²) in [5, 5.41) is 9.72. The number of hydrogen-bond acceptors (Lipinski definition) is 5. The molecular weight excluding hydrogens is 296 g/mol. The van der Waals surface area contributed by atoms with Crippen molar-refractivity contribution in [2.75, 3.05) is 13.7 Å². The highest BCUT2D eigenvalue weighted by Crippen LogP contribution is 2.39. The molecule has 0 radical (unpaired) electrons. The molecule has 2 unspecified atom stereocenters. The van der Waals surface area contributed by atoms with Gasteiger partial charge in [-0.3, -0.25) is 14.7 Å². The third-order valence-electron chi connectivity index (χ3n) is 4.16. The van der Waals surface area contributed by atoms with Gasteiger partial charge < -0.3 is 14.3 Å². The fraction of sp³-hybridized carbons (Fsp3) is 0.412. The summed E-state index contributed by atoms with van der Waals surface area (Å²) >= 11 is 0. The van der Waals surface area contributed by atoms with Crippen LogP contribution < -0.4 is 0 Å². The molecule has 1 aliphatic heterocycles. The van der Waals surface area contributed by atoms with Crippen LogP contribution in [0.25, 0.3) is 0 Å². The Balaban J connectivity index is 1.88. The summed E-state index contributed by atoms with van der Waals surface area (Å²) in [4.78, 5) is 17.9. The maximum atomic E-state index is 11.9. The highest BCUT2D eigenvalue weighted by Gasteiger charge is 2.38. The van der Waals surface area contributed by atoms with E-state index in [0.717, 1.165) is 30.9 Å². The first kappa shape index (κ1) is 15.7. The van der Waals surface area contributed by atoms with E-state index < -0.39 is 12.0 Å². The Bertz CT molecular complexity index is 656. The number of carboxylic acid groups (broad SMARTS) is 1. The van der Waals surface area contributed by atoms with Crippen molar-refractivity contribution in [3.63, 3.8) is 0 Å². The number of likely N-dealkylation sites (tertiary alicyclic amines) is 1. The Kier molecular flexibility index (Phi) is 4.73. The number of ether oxygens (including phenoxy) is 1. The monoisotopic (exact) mass is 316 g/mol. The van der Waals surface area contributed by atoms with Gasteiger partial charge in [0.05, 0.1) is 6.04 Å². The minimum Gasteiger partial charge on any atom is -0.480 e. The van der Waals surface area contributed by atoms with Crippen molar-refractivity contribution in [3.05, 3.63) is 53.7 Å². The molecule has 1 N–H and O–H groups in total. The molecule has 6 nitrogen and oxygen atoms in total. The molecule has 1 aliphatic rings. The molecule has 0 aliphatic carbocycles. The molecule has 1 saturated heterocycles. The minimum absolute atomic E-state index is 0.0399. The van der Waals surface area contributed by atoms with Crippen LogP contribution in [0.4, 0.5) is 0 Å². The van der Waals surface area contributed by atoms with Gasteiger partial charge in [0, 0.05) is 26.0 Å². The summed E-state index contributed by atoms with van der Waals surface area (Å²) in [6, 6.07) is 6.61. The van der Waals surface area contributed by atoms with Gasteiger partial charge >= 0.3 is 5.97 Å². The van der Waals surface area contributed by atoms with E-state index in [-0.39, 0.29) is 6.04 Å². The number of aromatic nitrogens is 1. The number of aliphatic carboxylic acids is 1. The van der Waals surface area contributed by atoms with Crippen LogP contribution in [0.1, 0.15) is 42.0 Å². The molecule has 6 heteroatoms. The number of carbonyl (C=O) groups is 1. The van der Waals surface area contributed by atoms with Crippen LogP contribution in [0.2, 0.25) is 0 Å². The smallest absolute Gasteiger partial charge is 0.325 e. The summed E-state index contributed by atoms with van der Waals surface area (Å²) < 4.78 is 10.9. The Labute approximate surface area is 134 Å². The number of carboxylic acids is 1. The van der Waals surface area contributed by atoms with Crippen molar-refractivity contribution >= 4 is 5.97 Å². The molecule has 0 bridgehead atoms. The van der Waals surface area contributed by atoms with Crippen LogP contribution in [0.5, 0.6) is 0 Å². The number of furan rings is 1. The van der Waals surface area contributed by atoms with Crippen LogP contribution in [0, 0.1) is 0 Å². The van der Waals surface area contributed by atoms with Gasteiger partial charge in [-0.15, -0.1) is 0 Å². The minimum atomic E-state index is -0.867. The molecule has 2 aromatic heterocycles. The fourth-order valence-electron chi connectivity index (χ4n) is 3.21. The van der Waals surface area contributed by atoms with E-state index in [2.05, 4.69) is 4.98 Å². The van der Waals surface area contributed by atoms with Crippen LogP contribution in [0.15, 0.2) is 41.1 Å². The number of pyridine rings is 1. The van der Waals surface area contributed by atoms with Gasteiger partial charge in [-0.1, -0.05) is 6.07 Å². The Morgan fingerprint density at radius 2 is 2.39 bits per heavy atom. The van der Waals surface area contributed by atoms with Gasteiger partial charge in [-0.2, -0.15) is 0 Å². The Morgan fingerprint density at radius 1 is 1.52 bits per heavy atom. The Hall–Kier alpha value is -2.18. The number of methoxy groups -OCH3 is 1. The van der Waals surface area contributed by atoms with Crippen LogP contribution in [0.3, 0.4) is 0 Å². The van der Waals surface area contributed by atoms with Gasteiger partial charge in [0.1, 0.15) is 24.2 Å². The third-order valence-corrected chi connectivity index (χ3v) is 4.16. The fourth-order valence-corrected chi connectivity index (χ4v) is 3.21. The topological polar surface area (TPSA) is 75.8 Å². The summed E-state index contributed by atoms with van der Waals surface area (Å²) in [7, 11) is 1.62. The molecule has 3 rings (SSSR count). The number of hydrogen-bond donors (Lipinski definition) is 1. The summed E-state index contributed by atoms with van der Waals surface area (Å²) in [5.41, 5.74) is 0.690. The van der Waals surface area contributed by atoms with E-state index in [0.29, 0.717) is 12.2 Å². The van der Waals surface area contributed by atoms with E-state index in [9.17, 15) is 9.90 Å². The lowest BCUT2D eigenvalue weighted by Gasteiger charge is -2.29. The molecule has 2 atom stereocenters. The van der Waals surface area contributed by atoms with Crippen LogP contribution in [-0.4, -0.2) is 34.6 Å². The van der Waals surface area contributed by atoms with Crippen molar-refractivity contribution in [2.45, 2.75) is 31.5 Å². The number of rotatable bonds is 6. The van der Waals surface area contributed by atoms with E-state index in [1.807, 2.05) is 17.0 Å². The van der Waals surface area contributed by atoms with Crippen molar-refractivity contribution in [1.82, 2.24) is 9.88 Å². The van der Waals surface area contributed by atoms with Crippen molar-refractivity contribution in [3.8, 4) is 0 Å². The predicted molar refractivity (Wildman–Crippen MR) is 82.7 cm³/mol. The third kappa shape index (κ3) is 3.28. The first-order chi connectivity index (χ1) is 11.2. The molecule has 0 aromatic carbocycles. The molecule has 2 aromatic rings. The van der Waals surface area contributed by atoms with Gasteiger partial charge in [0.15, 0.2) is 0 Å². The van der Waals surface area contributed by atoms with E-state index in [1.165, 1.54) is 0 Å². The largest absolute Gasteiger partial charge is 0.480 e. The van der Waals surface area contributed by atoms with Gasteiger partial charge in [0.25, 0.3) is 0 Å². The van der Waals surface area contributed by atoms with E-state index in [4.69, 9.17) is 9.15 Å². The predicted octanol–water partition coefficient (Wildman–Crippen LogP) is 2.78. The normalized spacial score (nSPS) is 19.8. The zero-order valence-corrected chi connectivity index (χ0v) is 13.0. The zero-order chi connectivity index (χ0) is 16.2. The summed E-state index contributed by atoms with van der Waals surface area (Å²) in [6.07, 6.45) is 5.08. The quantitative estimate of drug-likeness (QED) is 0.883. The first-order valence-electron chi connectivity index (χ1n) is 7.66. The molecule has 23 heavy (non-hydrogen) atoms. The maximum Gasteiger partial charge on any atom is 0.325 e. The zero-order valence-electron chi connectivity index (χ0n) is 13.0. The second-order valence-electron chi connectivity index (χ2n) is 5.66. The second kappa shape index (κ2) is 6.93. The van der Waals surface area contributed by atoms with Gasteiger partial charge in [-0.05, 0) is 36.6 Å². The Morgan fingerprint density at radius 3 is 3.09 bits per heavy atom. The van der Waals surface area contributed by atoms with Crippen molar-refractivity contribution in [1.29, 1.82) is 0 Å². The second-order valence-corrected chi connectivity index (χ2v) is 5.66. The average molecular weight is 316 g/mol. The van der Waals surface area contributed by atoms with Crippen molar-refractivity contribution in [2.24, 2.45) is 0 Å². The number of nitrogens with zero attached hydrogens (tertiary/aromatic N) is 2. The highest BCUT2D eigenvalue weighted by atomic mass is 16.5. The van der Waals surface area contributed by atoms with Crippen LogP contribution in [-0.2, 0) is 16.1 Å². The maximum absolute atomic E-state index is 11.9. The van der Waals surface area contributed by atoms with E-state index in [1.54, 1.807) is 31.6 Å². The van der Waals surface area contributed by atoms with Gasteiger partial charge in [-0.25, -0.2) is 0 Å². The van der Waals surface area contributed by atoms with Crippen LogP contribution >= 0.6 is 0 Å². The lowest BCUT2D eigenvalue weighted by molar-refractivity contribution is -0.144. The highest BCUT2D eigenvalue weighted by molar-refractivity contribution is 5.75. The summed E-state index contributed by atoms with van der Waals surface area (Å²) in [5.74, 6) is 0.681.